The Hall–Kier alpha value is -0.610. The second-order valence-electron chi connectivity index (χ2n) is 5.64. The van der Waals surface area contributed by atoms with Crippen LogP contribution in [-0.4, -0.2) is 60.1 Å². The average molecular weight is 240 g/mol. The second kappa shape index (κ2) is 5.83. The average Bonchev–Trinajstić information content (AvgIpc) is 2.77. The standard InChI is InChI=1S/C13H24N2O2/c1-11-2-6-15(7-3-11)13(17)9-14-5-4-12(8-14)10-16/h11-12,16H,2-10H2,1H3/t12-/m1/s1. The highest BCUT2D eigenvalue weighted by Gasteiger charge is 2.26. The third-order valence-electron chi connectivity index (χ3n) is 4.12. The summed E-state index contributed by atoms with van der Waals surface area (Å²) in [6.45, 7) is 6.76. The van der Waals surface area contributed by atoms with Crippen LogP contribution in [-0.2, 0) is 4.79 Å². The number of aliphatic hydroxyl groups is 1. The Morgan fingerprint density at radius 2 is 1.94 bits per heavy atom. The van der Waals surface area contributed by atoms with Crippen LogP contribution in [0.5, 0.6) is 0 Å². The Bertz CT molecular complexity index is 262. The summed E-state index contributed by atoms with van der Waals surface area (Å²) in [4.78, 5) is 16.3. The molecule has 0 aromatic carbocycles. The number of piperidine rings is 1. The molecule has 98 valence electrons. The van der Waals surface area contributed by atoms with Crippen molar-refractivity contribution < 1.29 is 9.90 Å². The van der Waals surface area contributed by atoms with Gasteiger partial charge in [0.2, 0.25) is 5.91 Å². The molecular weight excluding hydrogens is 216 g/mol. The van der Waals surface area contributed by atoms with Crippen molar-refractivity contribution in [3.8, 4) is 0 Å². The molecule has 0 spiro atoms. The van der Waals surface area contributed by atoms with E-state index in [1.54, 1.807) is 0 Å². The van der Waals surface area contributed by atoms with E-state index in [-0.39, 0.29) is 12.5 Å². The van der Waals surface area contributed by atoms with E-state index in [1.165, 1.54) is 0 Å². The fourth-order valence-corrected chi connectivity index (χ4v) is 2.75. The summed E-state index contributed by atoms with van der Waals surface area (Å²) >= 11 is 0. The van der Waals surface area contributed by atoms with Crippen LogP contribution in [0.1, 0.15) is 26.2 Å². The van der Waals surface area contributed by atoms with Gasteiger partial charge >= 0.3 is 0 Å². The number of amides is 1. The summed E-state index contributed by atoms with van der Waals surface area (Å²) < 4.78 is 0. The number of rotatable bonds is 3. The van der Waals surface area contributed by atoms with Crippen molar-refractivity contribution >= 4 is 5.91 Å². The molecule has 0 bridgehead atoms. The van der Waals surface area contributed by atoms with Crippen molar-refractivity contribution in [2.24, 2.45) is 11.8 Å². The molecule has 2 heterocycles. The smallest absolute Gasteiger partial charge is 0.236 e. The van der Waals surface area contributed by atoms with E-state index in [0.717, 1.165) is 51.4 Å². The highest BCUT2D eigenvalue weighted by Crippen LogP contribution is 2.18. The largest absolute Gasteiger partial charge is 0.396 e. The molecule has 4 nitrogen and oxygen atoms in total. The fraction of sp³-hybridized carbons (Fsp3) is 0.923. The molecule has 2 aliphatic heterocycles. The molecule has 2 aliphatic rings. The van der Waals surface area contributed by atoms with Gasteiger partial charge in [0.1, 0.15) is 0 Å². The van der Waals surface area contributed by atoms with Crippen molar-refractivity contribution in [3.05, 3.63) is 0 Å². The van der Waals surface area contributed by atoms with Crippen LogP contribution in [0, 0.1) is 11.8 Å². The van der Waals surface area contributed by atoms with Gasteiger partial charge in [-0.15, -0.1) is 0 Å². The Morgan fingerprint density at radius 1 is 1.24 bits per heavy atom. The third-order valence-corrected chi connectivity index (χ3v) is 4.12. The van der Waals surface area contributed by atoms with Crippen LogP contribution in [0.2, 0.25) is 0 Å². The van der Waals surface area contributed by atoms with Gasteiger partial charge in [-0.2, -0.15) is 0 Å². The summed E-state index contributed by atoms with van der Waals surface area (Å²) in [5.74, 6) is 1.42. The van der Waals surface area contributed by atoms with Gasteiger partial charge in [0.15, 0.2) is 0 Å². The molecule has 0 saturated carbocycles. The molecule has 1 amide bonds. The van der Waals surface area contributed by atoms with Crippen LogP contribution < -0.4 is 0 Å². The fourth-order valence-electron chi connectivity index (χ4n) is 2.75. The lowest BCUT2D eigenvalue weighted by atomic mass is 9.99. The monoisotopic (exact) mass is 240 g/mol. The molecule has 0 aromatic heterocycles. The minimum Gasteiger partial charge on any atom is -0.396 e. The van der Waals surface area contributed by atoms with E-state index >= 15 is 0 Å². The van der Waals surface area contributed by atoms with Crippen molar-refractivity contribution in [3.63, 3.8) is 0 Å². The first-order chi connectivity index (χ1) is 8.19. The lowest BCUT2D eigenvalue weighted by Crippen LogP contribution is -2.43. The quantitative estimate of drug-likeness (QED) is 0.784. The van der Waals surface area contributed by atoms with E-state index in [0.29, 0.717) is 12.5 Å². The molecule has 0 aromatic rings. The Balaban J connectivity index is 1.74. The van der Waals surface area contributed by atoms with Gasteiger partial charge in [0, 0.05) is 26.2 Å². The van der Waals surface area contributed by atoms with Gasteiger partial charge in [-0.3, -0.25) is 9.69 Å². The van der Waals surface area contributed by atoms with Gasteiger partial charge in [-0.25, -0.2) is 0 Å². The topological polar surface area (TPSA) is 43.8 Å². The Morgan fingerprint density at radius 3 is 2.53 bits per heavy atom. The summed E-state index contributed by atoms with van der Waals surface area (Å²) in [5, 5.41) is 9.07. The van der Waals surface area contributed by atoms with Crippen molar-refractivity contribution in [2.75, 3.05) is 39.3 Å². The molecule has 2 fully saturated rings. The molecule has 0 radical (unpaired) electrons. The molecule has 17 heavy (non-hydrogen) atoms. The van der Waals surface area contributed by atoms with Crippen LogP contribution in [0.4, 0.5) is 0 Å². The number of hydrogen-bond donors (Lipinski definition) is 1. The maximum Gasteiger partial charge on any atom is 0.236 e. The highest BCUT2D eigenvalue weighted by atomic mass is 16.3. The zero-order chi connectivity index (χ0) is 12.3. The molecule has 0 aliphatic carbocycles. The van der Waals surface area contributed by atoms with Gasteiger partial charge in [-0.05, 0) is 37.6 Å². The molecule has 1 atom stereocenters. The Labute approximate surface area is 104 Å². The third kappa shape index (κ3) is 3.42. The van der Waals surface area contributed by atoms with E-state index in [4.69, 9.17) is 5.11 Å². The number of nitrogens with zero attached hydrogens (tertiary/aromatic N) is 2. The van der Waals surface area contributed by atoms with Gasteiger partial charge in [0.25, 0.3) is 0 Å². The number of aliphatic hydroxyl groups excluding tert-OH is 1. The van der Waals surface area contributed by atoms with Crippen molar-refractivity contribution in [2.45, 2.75) is 26.2 Å². The lowest BCUT2D eigenvalue weighted by Gasteiger charge is -2.31. The Kier molecular flexibility index (Phi) is 4.40. The van der Waals surface area contributed by atoms with Crippen LogP contribution in [0.3, 0.4) is 0 Å². The predicted octanol–water partition coefficient (Wildman–Crippen LogP) is 0.559. The summed E-state index contributed by atoms with van der Waals surface area (Å²) in [6.07, 6.45) is 3.32. The number of carbonyl (C=O) groups excluding carboxylic acids is 1. The first-order valence-corrected chi connectivity index (χ1v) is 6.80. The van der Waals surface area contributed by atoms with Gasteiger partial charge in [0.05, 0.1) is 6.54 Å². The maximum atomic E-state index is 12.1. The number of carbonyl (C=O) groups is 1. The summed E-state index contributed by atoms with van der Waals surface area (Å²) in [5.41, 5.74) is 0. The minimum absolute atomic E-state index is 0.256. The van der Waals surface area contributed by atoms with Crippen LogP contribution in [0.25, 0.3) is 0 Å². The predicted molar refractivity (Wildman–Crippen MR) is 66.6 cm³/mol. The van der Waals surface area contributed by atoms with E-state index in [1.807, 2.05) is 4.90 Å². The summed E-state index contributed by atoms with van der Waals surface area (Å²) in [7, 11) is 0. The van der Waals surface area contributed by atoms with E-state index in [9.17, 15) is 4.79 Å². The molecule has 2 saturated heterocycles. The first kappa shape index (κ1) is 12.8. The number of likely N-dealkylation sites (tertiary alicyclic amines) is 2. The van der Waals surface area contributed by atoms with Crippen LogP contribution >= 0.6 is 0 Å². The van der Waals surface area contributed by atoms with Crippen molar-refractivity contribution in [1.82, 2.24) is 9.80 Å². The van der Waals surface area contributed by atoms with Crippen LogP contribution in [0.15, 0.2) is 0 Å². The second-order valence-corrected chi connectivity index (χ2v) is 5.64. The molecule has 2 rings (SSSR count). The van der Waals surface area contributed by atoms with Gasteiger partial charge < -0.3 is 10.0 Å². The number of hydrogen-bond acceptors (Lipinski definition) is 3. The minimum atomic E-state index is 0.256. The zero-order valence-electron chi connectivity index (χ0n) is 10.8. The van der Waals surface area contributed by atoms with Gasteiger partial charge in [-0.1, -0.05) is 6.92 Å². The maximum absolute atomic E-state index is 12.1. The SMILES string of the molecule is CC1CCN(C(=O)CN2CC[C@@H](CO)C2)CC1. The molecule has 0 unspecified atom stereocenters. The molecule has 1 N–H and O–H groups in total. The lowest BCUT2D eigenvalue weighted by molar-refractivity contribution is -0.133. The molecular formula is C13H24N2O2. The first-order valence-electron chi connectivity index (χ1n) is 6.80. The van der Waals surface area contributed by atoms with E-state index < -0.39 is 0 Å². The summed E-state index contributed by atoms with van der Waals surface area (Å²) in [6, 6.07) is 0. The molecule has 4 heteroatoms. The normalized spacial score (nSPS) is 27.6. The van der Waals surface area contributed by atoms with Crippen molar-refractivity contribution in [1.29, 1.82) is 0 Å². The zero-order valence-corrected chi connectivity index (χ0v) is 10.8. The van der Waals surface area contributed by atoms with E-state index in [2.05, 4.69) is 11.8 Å². The highest BCUT2D eigenvalue weighted by molar-refractivity contribution is 5.78.